The van der Waals surface area contributed by atoms with Crippen molar-refractivity contribution in [1.29, 1.82) is 0 Å². The summed E-state index contributed by atoms with van der Waals surface area (Å²) in [4.78, 5) is 12.7. The highest BCUT2D eigenvalue weighted by molar-refractivity contribution is 7.94. The number of hydrogen-bond donors (Lipinski definition) is 1. The van der Waals surface area contributed by atoms with Gasteiger partial charge in [0.25, 0.3) is 0 Å². The summed E-state index contributed by atoms with van der Waals surface area (Å²) >= 11 is 0. The maximum absolute atomic E-state index is 12.7. The number of carbonyl (C=O) groups excluding carboxylic acids is 1. The molecule has 4 bridgehead atoms. The SMILES string of the molecule is O=C(N[C@@H]1C=CS(=O)(=O)C1)C12CC3CC(CC(C3)C1)C2. The van der Waals surface area contributed by atoms with Crippen LogP contribution in [0, 0.1) is 23.2 Å². The smallest absolute Gasteiger partial charge is 0.226 e. The minimum atomic E-state index is -3.09. The number of carbonyl (C=O) groups is 1. The van der Waals surface area contributed by atoms with E-state index in [1.54, 1.807) is 6.08 Å². The van der Waals surface area contributed by atoms with Crippen molar-refractivity contribution in [3.05, 3.63) is 11.5 Å². The molecule has 110 valence electrons. The monoisotopic (exact) mass is 295 g/mol. The Labute approximate surface area is 119 Å². The maximum atomic E-state index is 12.7. The van der Waals surface area contributed by atoms with Crippen LogP contribution in [-0.2, 0) is 14.6 Å². The molecular weight excluding hydrogens is 274 g/mol. The molecule has 0 saturated heterocycles. The van der Waals surface area contributed by atoms with Crippen LogP contribution >= 0.6 is 0 Å². The molecule has 20 heavy (non-hydrogen) atoms. The summed E-state index contributed by atoms with van der Waals surface area (Å²) in [5.41, 5.74) is -0.186. The van der Waals surface area contributed by atoms with Gasteiger partial charge in [-0.25, -0.2) is 8.42 Å². The lowest BCUT2D eigenvalue weighted by Gasteiger charge is -2.55. The highest BCUT2D eigenvalue weighted by Gasteiger charge is 2.54. The summed E-state index contributed by atoms with van der Waals surface area (Å²) < 4.78 is 22.9. The lowest BCUT2D eigenvalue weighted by Crippen LogP contribution is -2.55. The van der Waals surface area contributed by atoms with Crippen LogP contribution in [0.4, 0.5) is 0 Å². The van der Waals surface area contributed by atoms with Gasteiger partial charge >= 0.3 is 0 Å². The van der Waals surface area contributed by atoms with Crippen molar-refractivity contribution in [1.82, 2.24) is 5.32 Å². The van der Waals surface area contributed by atoms with Gasteiger partial charge in [0.05, 0.1) is 11.8 Å². The third kappa shape index (κ3) is 2.01. The fraction of sp³-hybridized carbons (Fsp3) is 0.800. The molecule has 0 aromatic heterocycles. The summed E-state index contributed by atoms with van der Waals surface area (Å²) in [7, 11) is -3.09. The highest BCUT2D eigenvalue weighted by atomic mass is 32.2. The largest absolute Gasteiger partial charge is 0.348 e. The van der Waals surface area contributed by atoms with Crippen LogP contribution in [0.15, 0.2) is 11.5 Å². The molecule has 1 heterocycles. The zero-order valence-electron chi connectivity index (χ0n) is 11.5. The van der Waals surface area contributed by atoms with Crippen molar-refractivity contribution < 1.29 is 13.2 Å². The third-order valence-corrected chi connectivity index (χ3v) is 7.16. The average molecular weight is 295 g/mol. The van der Waals surface area contributed by atoms with Crippen LogP contribution in [0.5, 0.6) is 0 Å². The highest BCUT2D eigenvalue weighted by Crippen LogP contribution is 2.60. The van der Waals surface area contributed by atoms with Gasteiger partial charge in [-0.3, -0.25) is 4.79 Å². The fourth-order valence-electron chi connectivity index (χ4n) is 5.38. The Morgan fingerprint density at radius 3 is 2.05 bits per heavy atom. The molecule has 5 heteroatoms. The van der Waals surface area contributed by atoms with E-state index in [2.05, 4.69) is 5.32 Å². The average Bonchev–Trinajstić information content (AvgIpc) is 2.67. The van der Waals surface area contributed by atoms with E-state index in [0.717, 1.165) is 37.0 Å². The van der Waals surface area contributed by atoms with Gasteiger partial charge in [-0.2, -0.15) is 0 Å². The Bertz CT molecular complexity index is 543. The molecule has 1 amide bonds. The molecule has 0 aromatic carbocycles. The molecule has 5 rings (SSSR count). The van der Waals surface area contributed by atoms with Gasteiger partial charge in [0.2, 0.25) is 5.91 Å². The van der Waals surface area contributed by atoms with E-state index in [4.69, 9.17) is 0 Å². The Hall–Kier alpha value is -0.840. The normalized spacial score (nSPS) is 47.6. The van der Waals surface area contributed by atoms with Crippen molar-refractivity contribution >= 4 is 15.7 Å². The number of hydrogen-bond acceptors (Lipinski definition) is 3. The predicted molar refractivity (Wildman–Crippen MR) is 75.5 cm³/mol. The molecule has 4 fully saturated rings. The van der Waals surface area contributed by atoms with Crippen molar-refractivity contribution in [3.63, 3.8) is 0 Å². The number of sulfone groups is 1. The minimum absolute atomic E-state index is 0.0328. The van der Waals surface area contributed by atoms with Gasteiger partial charge in [-0.15, -0.1) is 0 Å². The second-order valence-corrected chi connectivity index (χ2v) is 9.37. The zero-order valence-corrected chi connectivity index (χ0v) is 12.4. The van der Waals surface area contributed by atoms with Gasteiger partial charge < -0.3 is 5.32 Å². The first-order valence-corrected chi connectivity index (χ1v) is 9.38. The van der Waals surface area contributed by atoms with Crippen LogP contribution < -0.4 is 5.32 Å². The molecule has 0 aromatic rings. The second-order valence-electron chi connectivity index (χ2n) is 7.44. The van der Waals surface area contributed by atoms with Crippen LogP contribution in [0.1, 0.15) is 38.5 Å². The van der Waals surface area contributed by atoms with Crippen molar-refractivity contribution in [2.75, 3.05) is 5.75 Å². The van der Waals surface area contributed by atoms with E-state index in [-0.39, 0.29) is 23.1 Å². The Morgan fingerprint density at radius 1 is 1.05 bits per heavy atom. The van der Waals surface area contributed by atoms with Crippen LogP contribution in [0.25, 0.3) is 0 Å². The lowest BCUT2D eigenvalue weighted by atomic mass is 9.49. The fourth-order valence-corrected chi connectivity index (χ4v) is 6.61. The van der Waals surface area contributed by atoms with E-state index in [1.165, 1.54) is 24.7 Å². The van der Waals surface area contributed by atoms with Gasteiger partial charge in [0.15, 0.2) is 9.84 Å². The Balaban J connectivity index is 1.50. The number of nitrogens with one attached hydrogen (secondary N) is 1. The lowest BCUT2D eigenvalue weighted by molar-refractivity contribution is -0.146. The molecule has 0 spiro atoms. The first-order chi connectivity index (χ1) is 9.44. The van der Waals surface area contributed by atoms with E-state index in [9.17, 15) is 13.2 Å². The molecule has 4 nitrogen and oxygen atoms in total. The van der Waals surface area contributed by atoms with Crippen LogP contribution in [0.2, 0.25) is 0 Å². The summed E-state index contributed by atoms with van der Waals surface area (Å²) in [6.45, 7) is 0. The van der Waals surface area contributed by atoms with Crippen molar-refractivity contribution in [3.8, 4) is 0 Å². The van der Waals surface area contributed by atoms with Gasteiger partial charge in [-0.05, 0) is 62.4 Å². The quantitative estimate of drug-likeness (QED) is 0.842. The van der Waals surface area contributed by atoms with E-state index >= 15 is 0 Å². The molecular formula is C15H21NO3S. The topological polar surface area (TPSA) is 63.2 Å². The van der Waals surface area contributed by atoms with Gasteiger partial charge in [0.1, 0.15) is 0 Å². The van der Waals surface area contributed by atoms with Crippen molar-refractivity contribution in [2.45, 2.75) is 44.6 Å². The molecule has 4 aliphatic carbocycles. The van der Waals surface area contributed by atoms with Gasteiger partial charge in [0, 0.05) is 10.8 Å². The molecule has 1 aliphatic heterocycles. The zero-order chi connectivity index (χ0) is 14.0. The summed E-state index contributed by atoms with van der Waals surface area (Å²) in [5.74, 6) is 2.34. The maximum Gasteiger partial charge on any atom is 0.226 e. The molecule has 1 atom stereocenters. The van der Waals surface area contributed by atoms with Gasteiger partial charge in [-0.1, -0.05) is 0 Å². The Morgan fingerprint density at radius 2 is 1.60 bits per heavy atom. The minimum Gasteiger partial charge on any atom is -0.348 e. The van der Waals surface area contributed by atoms with E-state index < -0.39 is 9.84 Å². The van der Waals surface area contributed by atoms with E-state index in [1.807, 2.05) is 0 Å². The molecule has 4 saturated carbocycles. The standard InChI is InChI=1S/C15H21NO3S/c17-14(16-13-1-2-20(18,19)9-13)15-6-10-3-11(7-15)5-12(4-10)8-15/h1-2,10-13H,3-9H2,(H,16,17)/t10?,11?,12?,13-,15?/m1/s1. The summed E-state index contributed by atoms with van der Waals surface area (Å²) in [6, 6.07) is -0.319. The summed E-state index contributed by atoms with van der Waals surface area (Å²) in [6.07, 6.45) is 8.61. The van der Waals surface area contributed by atoms with Crippen molar-refractivity contribution in [2.24, 2.45) is 23.2 Å². The Kier molecular flexibility index (Phi) is 2.63. The predicted octanol–water partition coefficient (Wildman–Crippen LogP) is 1.63. The molecule has 5 aliphatic rings. The van der Waals surface area contributed by atoms with Crippen LogP contribution in [0.3, 0.4) is 0 Å². The van der Waals surface area contributed by atoms with E-state index in [0.29, 0.717) is 0 Å². The molecule has 0 radical (unpaired) electrons. The first kappa shape index (κ1) is 12.9. The second kappa shape index (κ2) is 4.09. The molecule has 0 unspecified atom stereocenters. The number of rotatable bonds is 2. The molecule has 1 N–H and O–H groups in total. The number of amides is 1. The van der Waals surface area contributed by atoms with Crippen LogP contribution in [-0.4, -0.2) is 26.1 Å². The third-order valence-electron chi connectivity index (χ3n) is 5.77. The summed E-state index contributed by atoms with van der Waals surface area (Å²) in [5, 5.41) is 4.22. The first-order valence-electron chi connectivity index (χ1n) is 7.66.